The Bertz CT molecular complexity index is 866. The van der Waals surface area contributed by atoms with Crippen molar-refractivity contribution in [2.45, 2.75) is 63.6 Å². The minimum atomic E-state index is -3.98. The SMILES string of the molecule is CCOC(=O)CC[C@@H](COS(=O)(=O)c1ccc(C)cc1)CC1COC(C)(C)N1C(=O)O. The maximum absolute atomic E-state index is 12.6. The Labute approximate surface area is 183 Å². The number of hydrogen-bond donors (Lipinski definition) is 1. The summed E-state index contributed by atoms with van der Waals surface area (Å²) in [4.78, 5) is 24.8. The lowest BCUT2D eigenvalue weighted by molar-refractivity contribution is -0.143. The van der Waals surface area contributed by atoms with Crippen molar-refractivity contribution in [3.63, 3.8) is 0 Å². The van der Waals surface area contributed by atoms with E-state index in [0.29, 0.717) is 12.8 Å². The third-order valence-corrected chi connectivity index (χ3v) is 6.51. The minimum absolute atomic E-state index is 0.0414. The van der Waals surface area contributed by atoms with E-state index in [-0.39, 0.29) is 31.1 Å². The second-order valence-corrected chi connectivity index (χ2v) is 9.68. The van der Waals surface area contributed by atoms with Crippen LogP contribution < -0.4 is 0 Å². The zero-order chi connectivity index (χ0) is 23.2. The average Bonchev–Trinajstić information content (AvgIpc) is 2.98. The Balaban J connectivity index is 2.11. The molecule has 174 valence electrons. The van der Waals surface area contributed by atoms with E-state index in [1.807, 2.05) is 6.92 Å². The number of aryl methyl sites for hydroxylation is 1. The summed E-state index contributed by atoms with van der Waals surface area (Å²) in [5.41, 5.74) is -0.0688. The van der Waals surface area contributed by atoms with E-state index in [2.05, 4.69) is 0 Å². The van der Waals surface area contributed by atoms with Crippen LogP contribution in [0.2, 0.25) is 0 Å². The predicted molar refractivity (Wildman–Crippen MR) is 112 cm³/mol. The van der Waals surface area contributed by atoms with E-state index < -0.39 is 39.9 Å². The van der Waals surface area contributed by atoms with Crippen molar-refractivity contribution >= 4 is 22.2 Å². The van der Waals surface area contributed by atoms with Gasteiger partial charge in [-0.25, -0.2) is 4.79 Å². The van der Waals surface area contributed by atoms with Gasteiger partial charge in [0.1, 0.15) is 5.72 Å². The van der Waals surface area contributed by atoms with Gasteiger partial charge in [-0.2, -0.15) is 8.42 Å². The van der Waals surface area contributed by atoms with E-state index >= 15 is 0 Å². The number of hydrogen-bond acceptors (Lipinski definition) is 7. The number of carbonyl (C=O) groups excluding carboxylic acids is 1. The number of esters is 1. The Morgan fingerprint density at radius 2 is 1.94 bits per heavy atom. The van der Waals surface area contributed by atoms with Crippen molar-refractivity contribution < 1.29 is 36.8 Å². The first-order valence-electron chi connectivity index (χ1n) is 10.2. The van der Waals surface area contributed by atoms with E-state index in [0.717, 1.165) is 5.56 Å². The van der Waals surface area contributed by atoms with Gasteiger partial charge in [0.15, 0.2) is 0 Å². The zero-order valence-electron chi connectivity index (χ0n) is 18.4. The van der Waals surface area contributed by atoms with E-state index in [1.54, 1.807) is 32.9 Å². The molecule has 0 aromatic heterocycles. The lowest BCUT2D eigenvalue weighted by atomic mass is 9.95. The number of nitrogens with zero attached hydrogens (tertiary/aromatic N) is 1. The summed E-state index contributed by atoms with van der Waals surface area (Å²) in [6.45, 7) is 7.12. The highest BCUT2D eigenvalue weighted by Gasteiger charge is 2.44. The quantitative estimate of drug-likeness (QED) is 0.420. The highest BCUT2D eigenvalue weighted by Crippen LogP contribution is 2.32. The molecule has 1 aliphatic rings. The van der Waals surface area contributed by atoms with Crippen LogP contribution in [0.3, 0.4) is 0 Å². The van der Waals surface area contributed by atoms with Crippen LogP contribution in [-0.4, -0.2) is 62.1 Å². The minimum Gasteiger partial charge on any atom is -0.466 e. The topological polar surface area (TPSA) is 119 Å². The summed E-state index contributed by atoms with van der Waals surface area (Å²) in [6.07, 6.45) is -0.452. The Morgan fingerprint density at radius 3 is 2.52 bits per heavy atom. The number of amides is 1. The molecule has 1 aliphatic heterocycles. The molecule has 1 aromatic rings. The molecule has 2 rings (SSSR count). The molecule has 9 nitrogen and oxygen atoms in total. The van der Waals surface area contributed by atoms with Crippen LogP contribution in [0, 0.1) is 12.8 Å². The van der Waals surface area contributed by atoms with Gasteiger partial charge in [-0.3, -0.25) is 13.9 Å². The molecule has 0 saturated carbocycles. The van der Waals surface area contributed by atoms with Crippen molar-refractivity contribution in [3.05, 3.63) is 29.8 Å². The van der Waals surface area contributed by atoms with Crippen molar-refractivity contribution in [1.82, 2.24) is 4.90 Å². The van der Waals surface area contributed by atoms with Crippen LogP contribution >= 0.6 is 0 Å². The lowest BCUT2D eigenvalue weighted by Crippen LogP contribution is -2.47. The first kappa shape index (κ1) is 25.1. The van der Waals surface area contributed by atoms with Crippen LogP contribution in [0.15, 0.2) is 29.2 Å². The van der Waals surface area contributed by atoms with Gasteiger partial charge in [-0.1, -0.05) is 17.7 Å². The molecule has 0 bridgehead atoms. The van der Waals surface area contributed by atoms with Gasteiger partial charge in [0, 0.05) is 6.42 Å². The molecule has 1 amide bonds. The second kappa shape index (κ2) is 10.4. The predicted octanol–water partition coefficient (Wildman–Crippen LogP) is 3.16. The lowest BCUT2D eigenvalue weighted by Gasteiger charge is -2.32. The van der Waals surface area contributed by atoms with Crippen LogP contribution in [0.25, 0.3) is 0 Å². The monoisotopic (exact) mass is 457 g/mol. The van der Waals surface area contributed by atoms with E-state index in [4.69, 9.17) is 13.7 Å². The molecular weight excluding hydrogens is 426 g/mol. The molecule has 1 fully saturated rings. The third-order valence-electron chi connectivity index (χ3n) is 5.22. The van der Waals surface area contributed by atoms with Crippen LogP contribution in [0.5, 0.6) is 0 Å². The molecule has 1 saturated heterocycles. The van der Waals surface area contributed by atoms with Gasteiger partial charge < -0.3 is 14.6 Å². The fourth-order valence-corrected chi connectivity index (χ4v) is 4.59. The largest absolute Gasteiger partial charge is 0.466 e. The Hall–Kier alpha value is -2.17. The molecule has 0 aliphatic carbocycles. The highest BCUT2D eigenvalue weighted by atomic mass is 32.2. The number of carboxylic acid groups (broad SMARTS) is 1. The fraction of sp³-hybridized carbons (Fsp3) is 0.619. The van der Waals surface area contributed by atoms with Crippen molar-refractivity contribution in [1.29, 1.82) is 0 Å². The molecule has 1 unspecified atom stereocenters. The summed E-state index contributed by atoms with van der Waals surface area (Å²) in [5.74, 6) is -0.791. The Morgan fingerprint density at radius 1 is 1.29 bits per heavy atom. The average molecular weight is 458 g/mol. The summed E-state index contributed by atoms with van der Waals surface area (Å²) >= 11 is 0. The molecule has 0 spiro atoms. The number of rotatable bonds is 10. The van der Waals surface area contributed by atoms with Crippen molar-refractivity contribution in [3.8, 4) is 0 Å². The normalized spacial score (nSPS) is 19.2. The second-order valence-electron chi connectivity index (χ2n) is 8.06. The summed E-state index contributed by atoms with van der Waals surface area (Å²) in [6, 6.07) is 5.81. The summed E-state index contributed by atoms with van der Waals surface area (Å²) in [7, 11) is -3.98. The van der Waals surface area contributed by atoms with Crippen LogP contribution in [-0.2, 0) is 28.6 Å². The summed E-state index contributed by atoms with van der Waals surface area (Å²) < 4.78 is 41.0. The van der Waals surface area contributed by atoms with Crippen LogP contribution in [0.4, 0.5) is 4.79 Å². The maximum Gasteiger partial charge on any atom is 0.409 e. The number of ether oxygens (including phenoxy) is 2. The molecular formula is C21H31NO8S. The van der Waals surface area contributed by atoms with Gasteiger partial charge in [-0.05, 0) is 58.6 Å². The van der Waals surface area contributed by atoms with Crippen molar-refractivity contribution in [2.24, 2.45) is 5.92 Å². The molecule has 2 atom stereocenters. The molecule has 1 N–H and O–H groups in total. The van der Waals surface area contributed by atoms with Gasteiger partial charge in [0.05, 0.1) is 30.8 Å². The van der Waals surface area contributed by atoms with Crippen LogP contribution in [0.1, 0.15) is 45.6 Å². The van der Waals surface area contributed by atoms with E-state index in [1.165, 1.54) is 17.0 Å². The molecule has 1 heterocycles. The molecule has 0 radical (unpaired) electrons. The molecule has 1 aromatic carbocycles. The standard InChI is InChI=1S/C21H31NO8S/c1-5-28-19(23)11-8-16(12-17-14-29-21(3,4)22(17)20(24)25)13-30-31(26,27)18-9-6-15(2)7-10-18/h6-7,9-10,16-17H,5,8,11-14H2,1-4H3,(H,24,25)/t16-,17?/m1/s1. The maximum atomic E-state index is 12.6. The zero-order valence-corrected chi connectivity index (χ0v) is 19.2. The fourth-order valence-electron chi connectivity index (χ4n) is 3.61. The third kappa shape index (κ3) is 6.91. The number of benzene rings is 1. The van der Waals surface area contributed by atoms with Gasteiger partial charge >= 0.3 is 12.1 Å². The first-order chi connectivity index (χ1) is 14.5. The van der Waals surface area contributed by atoms with Gasteiger partial charge in [0.25, 0.3) is 10.1 Å². The smallest absolute Gasteiger partial charge is 0.409 e. The Kier molecular flexibility index (Phi) is 8.44. The van der Waals surface area contributed by atoms with E-state index in [9.17, 15) is 23.1 Å². The highest BCUT2D eigenvalue weighted by molar-refractivity contribution is 7.86. The number of carbonyl (C=O) groups is 2. The molecule has 10 heteroatoms. The first-order valence-corrected chi connectivity index (χ1v) is 11.6. The molecule has 31 heavy (non-hydrogen) atoms. The van der Waals surface area contributed by atoms with Gasteiger partial charge in [0.2, 0.25) is 0 Å². The van der Waals surface area contributed by atoms with Crippen molar-refractivity contribution in [2.75, 3.05) is 19.8 Å². The van der Waals surface area contributed by atoms with Gasteiger partial charge in [-0.15, -0.1) is 0 Å². The summed E-state index contributed by atoms with van der Waals surface area (Å²) in [5, 5.41) is 9.60.